The molecule has 1 aliphatic heterocycles. The van der Waals surface area contributed by atoms with Crippen molar-refractivity contribution in [2.75, 3.05) is 26.3 Å². The average molecular weight is 339 g/mol. The Bertz CT molecular complexity index is 443. The summed E-state index contributed by atoms with van der Waals surface area (Å²) in [5, 5.41) is 0. The summed E-state index contributed by atoms with van der Waals surface area (Å²) in [6.45, 7) is 12.6. The van der Waals surface area contributed by atoms with Crippen LogP contribution in [0.3, 0.4) is 0 Å². The summed E-state index contributed by atoms with van der Waals surface area (Å²) in [5.74, 6) is -0.907. The first-order valence-corrected chi connectivity index (χ1v) is 8.96. The maximum absolute atomic E-state index is 12.0. The van der Waals surface area contributed by atoms with Crippen LogP contribution in [0.15, 0.2) is 23.9 Å². The number of hydrogen-bond donors (Lipinski definition) is 0. The first kappa shape index (κ1) is 20.7. The predicted molar refractivity (Wildman–Crippen MR) is 95.5 cm³/mol. The number of carbonyl (C=O) groups is 1. The second-order valence-corrected chi connectivity index (χ2v) is 6.63. The van der Waals surface area contributed by atoms with E-state index in [0.717, 1.165) is 19.5 Å². The van der Waals surface area contributed by atoms with E-state index in [9.17, 15) is 4.79 Å². The van der Waals surface area contributed by atoms with Gasteiger partial charge >= 0.3 is 5.97 Å². The summed E-state index contributed by atoms with van der Waals surface area (Å²) in [6.07, 6.45) is 9.03. The highest BCUT2D eigenvalue weighted by molar-refractivity contribution is 5.88. The van der Waals surface area contributed by atoms with Crippen molar-refractivity contribution in [2.24, 2.45) is 0 Å². The molecule has 0 saturated carbocycles. The third-order valence-corrected chi connectivity index (χ3v) is 3.74. The van der Waals surface area contributed by atoms with Crippen LogP contribution in [0.5, 0.6) is 0 Å². The maximum atomic E-state index is 12.0. The van der Waals surface area contributed by atoms with E-state index in [-0.39, 0.29) is 18.7 Å². The highest BCUT2D eigenvalue weighted by Gasteiger charge is 2.33. The molecular weight excluding hydrogens is 306 g/mol. The summed E-state index contributed by atoms with van der Waals surface area (Å²) in [6, 6.07) is 0. The smallest absolute Gasteiger partial charge is 0.333 e. The van der Waals surface area contributed by atoms with Crippen LogP contribution < -0.4 is 0 Å². The van der Waals surface area contributed by atoms with E-state index >= 15 is 0 Å². The lowest BCUT2D eigenvalue weighted by Crippen LogP contribution is -2.25. The van der Waals surface area contributed by atoms with Gasteiger partial charge in [0.2, 0.25) is 0 Å². The number of carbonyl (C=O) groups excluding carboxylic acids is 1. The fraction of sp³-hybridized carbons (Fsp3) is 0.737. The Hall–Kier alpha value is -1.33. The van der Waals surface area contributed by atoms with Crippen molar-refractivity contribution in [3.8, 4) is 0 Å². The summed E-state index contributed by atoms with van der Waals surface area (Å²) >= 11 is 0. The zero-order chi connectivity index (χ0) is 18.0. The first-order valence-electron chi connectivity index (χ1n) is 8.96. The number of rotatable bonds is 10. The minimum Gasteiger partial charge on any atom is -0.459 e. The second kappa shape index (κ2) is 10.5. The van der Waals surface area contributed by atoms with Gasteiger partial charge in [0.1, 0.15) is 12.7 Å². The highest BCUT2D eigenvalue weighted by atomic mass is 16.7. The van der Waals surface area contributed by atoms with Gasteiger partial charge in [-0.05, 0) is 45.9 Å². The predicted octanol–water partition coefficient (Wildman–Crippen LogP) is 3.65. The van der Waals surface area contributed by atoms with Gasteiger partial charge in [0.05, 0.1) is 6.61 Å². The van der Waals surface area contributed by atoms with Crippen molar-refractivity contribution in [1.29, 1.82) is 0 Å². The molecule has 1 aliphatic rings. The van der Waals surface area contributed by atoms with Crippen molar-refractivity contribution in [2.45, 2.75) is 65.8 Å². The maximum Gasteiger partial charge on any atom is 0.333 e. The lowest BCUT2D eigenvalue weighted by atomic mass is 10.2. The summed E-state index contributed by atoms with van der Waals surface area (Å²) in [5.41, 5.74) is 0.580. The highest BCUT2D eigenvalue weighted by Crippen LogP contribution is 2.22. The molecule has 0 radical (unpaired) electrons. The number of esters is 1. The van der Waals surface area contributed by atoms with Gasteiger partial charge in [-0.25, -0.2) is 4.79 Å². The summed E-state index contributed by atoms with van der Waals surface area (Å²) < 4.78 is 16.4. The van der Waals surface area contributed by atoms with Crippen molar-refractivity contribution in [3.05, 3.63) is 23.9 Å². The van der Waals surface area contributed by atoms with Gasteiger partial charge in [0.25, 0.3) is 0 Å². The van der Waals surface area contributed by atoms with Crippen molar-refractivity contribution in [1.82, 2.24) is 4.90 Å². The molecule has 0 amide bonds. The topological polar surface area (TPSA) is 48.0 Å². The number of allylic oxidation sites excluding steroid dienone is 2. The minimum absolute atomic E-state index is 0.193. The Morgan fingerprint density at radius 2 is 2.04 bits per heavy atom. The van der Waals surface area contributed by atoms with Crippen molar-refractivity contribution < 1.29 is 19.0 Å². The molecular formula is C19H33NO4. The fourth-order valence-corrected chi connectivity index (χ4v) is 2.41. The molecule has 0 aromatic carbocycles. The van der Waals surface area contributed by atoms with Crippen LogP contribution in [-0.4, -0.2) is 49.1 Å². The van der Waals surface area contributed by atoms with Crippen LogP contribution in [0.2, 0.25) is 0 Å². The number of hydrogen-bond acceptors (Lipinski definition) is 5. The molecule has 1 saturated heterocycles. The summed E-state index contributed by atoms with van der Waals surface area (Å²) in [4.78, 5) is 14.3. The van der Waals surface area contributed by atoms with Gasteiger partial charge in [-0.2, -0.15) is 0 Å². The van der Waals surface area contributed by atoms with E-state index in [2.05, 4.69) is 18.7 Å². The van der Waals surface area contributed by atoms with Crippen LogP contribution in [0.1, 0.15) is 53.9 Å². The lowest BCUT2D eigenvalue weighted by molar-refractivity contribution is -0.155. The molecule has 0 spiro atoms. The van der Waals surface area contributed by atoms with Gasteiger partial charge in [0, 0.05) is 18.7 Å². The molecule has 0 N–H and O–H groups in total. The van der Waals surface area contributed by atoms with E-state index < -0.39 is 5.79 Å². The molecule has 1 atom stereocenters. The molecule has 0 bridgehead atoms. The quantitative estimate of drug-likeness (QED) is 0.345. The molecule has 0 aromatic heterocycles. The number of ether oxygens (including phenoxy) is 3. The van der Waals surface area contributed by atoms with Crippen LogP contribution in [-0.2, 0) is 19.0 Å². The molecule has 0 aliphatic carbocycles. The van der Waals surface area contributed by atoms with E-state index in [1.165, 1.54) is 12.8 Å². The Balaban J connectivity index is 2.40. The Morgan fingerprint density at radius 3 is 2.62 bits per heavy atom. The molecule has 1 fully saturated rings. The van der Waals surface area contributed by atoms with Gasteiger partial charge in [0.15, 0.2) is 5.79 Å². The molecule has 138 valence electrons. The van der Waals surface area contributed by atoms with E-state index in [4.69, 9.17) is 14.2 Å². The zero-order valence-electron chi connectivity index (χ0n) is 15.8. The van der Waals surface area contributed by atoms with E-state index in [1.807, 2.05) is 26.1 Å². The first-order chi connectivity index (χ1) is 11.4. The lowest BCUT2D eigenvalue weighted by Gasteiger charge is -2.18. The molecule has 1 rings (SSSR count). The normalized spacial score (nSPS) is 20.5. The average Bonchev–Trinajstić information content (AvgIpc) is 2.89. The monoisotopic (exact) mass is 339 g/mol. The number of unbranched alkanes of at least 4 members (excludes halogenated alkanes) is 1. The van der Waals surface area contributed by atoms with Crippen LogP contribution in [0.25, 0.3) is 0 Å². The molecule has 0 aromatic rings. The van der Waals surface area contributed by atoms with Gasteiger partial charge in [-0.15, -0.1) is 0 Å². The summed E-state index contributed by atoms with van der Waals surface area (Å²) in [7, 11) is 0. The fourth-order valence-electron chi connectivity index (χ4n) is 2.41. The van der Waals surface area contributed by atoms with Gasteiger partial charge in [-0.1, -0.05) is 26.3 Å². The molecule has 24 heavy (non-hydrogen) atoms. The molecule has 1 heterocycles. The second-order valence-electron chi connectivity index (χ2n) is 6.63. The molecule has 5 heteroatoms. The third kappa shape index (κ3) is 7.97. The van der Waals surface area contributed by atoms with Crippen LogP contribution in [0.4, 0.5) is 0 Å². The standard InChI is InChI=1S/C19H33NO4/c1-6-8-12-20(11-7-2)13-9-10-16(3)18(21)22-14-17-15-23-19(4,5)24-17/h9-10,13,17H,6-8,11-12,14-15H2,1-5H3/b13-9+,16-10+. The van der Waals surface area contributed by atoms with Gasteiger partial charge in [-0.3, -0.25) is 0 Å². The molecule has 1 unspecified atom stereocenters. The van der Waals surface area contributed by atoms with Crippen LogP contribution in [0, 0.1) is 0 Å². The Morgan fingerprint density at radius 1 is 1.29 bits per heavy atom. The largest absolute Gasteiger partial charge is 0.459 e. The van der Waals surface area contributed by atoms with Crippen molar-refractivity contribution >= 4 is 5.97 Å². The Kier molecular flexibility index (Phi) is 9.08. The van der Waals surface area contributed by atoms with E-state index in [1.54, 1.807) is 13.0 Å². The van der Waals surface area contributed by atoms with Crippen LogP contribution >= 0.6 is 0 Å². The Labute approximate surface area is 146 Å². The van der Waals surface area contributed by atoms with E-state index in [0.29, 0.717) is 12.2 Å². The van der Waals surface area contributed by atoms with Gasteiger partial charge < -0.3 is 19.1 Å². The minimum atomic E-state index is -0.591. The zero-order valence-corrected chi connectivity index (χ0v) is 15.8. The molecule has 5 nitrogen and oxygen atoms in total. The number of nitrogens with zero attached hydrogens (tertiary/aromatic N) is 1. The SMILES string of the molecule is CCCCN(/C=C/C=C(\C)C(=O)OCC1COC(C)(C)O1)CCC. The van der Waals surface area contributed by atoms with Crippen molar-refractivity contribution in [3.63, 3.8) is 0 Å². The third-order valence-electron chi connectivity index (χ3n) is 3.74.